The lowest BCUT2D eigenvalue weighted by Crippen LogP contribution is -2.34. The van der Waals surface area contributed by atoms with E-state index in [0.29, 0.717) is 41.9 Å². The van der Waals surface area contributed by atoms with Crippen molar-refractivity contribution in [1.29, 1.82) is 0 Å². The van der Waals surface area contributed by atoms with Crippen molar-refractivity contribution in [3.05, 3.63) is 34.3 Å². The zero-order valence-electron chi connectivity index (χ0n) is 16.8. The number of carbonyl (C=O) groups excluding carboxylic acids is 2. The lowest BCUT2D eigenvalue weighted by atomic mass is 10.1. The highest BCUT2D eigenvalue weighted by Crippen LogP contribution is 2.38. The maximum atomic E-state index is 12.7. The molecule has 3 rings (SSSR count). The Kier molecular flexibility index (Phi) is 6.38. The zero-order chi connectivity index (χ0) is 21.0. The van der Waals surface area contributed by atoms with Gasteiger partial charge in [0.05, 0.1) is 33.6 Å². The van der Waals surface area contributed by atoms with Gasteiger partial charge in [-0.2, -0.15) is 0 Å². The van der Waals surface area contributed by atoms with Gasteiger partial charge < -0.3 is 24.4 Å². The summed E-state index contributed by atoms with van der Waals surface area (Å²) in [7, 11) is 4.64. The highest BCUT2D eigenvalue weighted by Gasteiger charge is 2.23. The minimum atomic E-state index is -0.155. The van der Waals surface area contributed by atoms with Gasteiger partial charge in [0.2, 0.25) is 17.6 Å². The molecule has 8 nitrogen and oxygen atoms in total. The monoisotopic (exact) mass is 417 g/mol. The fraction of sp³-hybridized carbons (Fsp3) is 0.350. The van der Waals surface area contributed by atoms with E-state index in [1.54, 1.807) is 44.4 Å². The van der Waals surface area contributed by atoms with E-state index in [-0.39, 0.29) is 11.8 Å². The van der Waals surface area contributed by atoms with E-state index in [1.165, 1.54) is 24.3 Å². The van der Waals surface area contributed by atoms with E-state index in [1.807, 2.05) is 0 Å². The lowest BCUT2D eigenvalue weighted by molar-refractivity contribution is -0.126. The zero-order valence-corrected chi connectivity index (χ0v) is 17.6. The van der Waals surface area contributed by atoms with Gasteiger partial charge in [-0.3, -0.25) is 9.59 Å². The Morgan fingerprint density at radius 2 is 1.86 bits per heavy atom. The van der Waals surface area contributed by atoms with Crippen LogP contribution in [0, 0.1) is 0 Å². The first kappa shape index (κ1) is 20.7. The minimum Gasteiger partial charge on any atom is -0.493 e. The molecule has 0 aliphatic carbocycles. The van der Waals surface area contributed by atoms with Crippen molar-refractivity contribution in [3.63, 3.8) is 0 Å². The molecule has 1 aromatic heterocycles. The van der Waals surface area contributed by atoms with Crippen LogP contribution in [0.25, 0.3) is 6.08 Å². The molecule has 9 heteroatoms. The summed E-state index contributed by atoms with van der Waals surface area (Å²) in [5.41, 5.74) is 1.70. The van der Waals surface area contributed by atoms with Crippen LogP contribution in [-0.2, 0) is 22.6 Å². The van der Waals surface area contributed by atoms with Crippen LogP contribution in [0.1, 0.15) is 23.1 Å². The van der Waals surface area contributed by atoms with Crippen LogP contribution in [0.2, 0.25) is 0 Å². The molecule has 29 heavy (non-hydrogen) atoms. The highest BCUT2D eigenvalue weighted by molar-refractivity contribution is 7.15. The number of methoxy groups -OCH3 is 3. The van der Waals surface area contributed by atoms with Crippen molar-refractivity contribution in [2.45, 2.75) is 19.9 Å². The number of amides is 2. The van der Waals surface area contributed by atoms with Crippen LogP contribution in [0.3, 0.4) is 0 Å². The fourth-order valence-electron chi connectivity index (χ4n) is 3.06. The second kappa shape index (κ2) is 8.95. The van der Waals surface area contributed by atoms with Crippen molar-refractivity contribution < 1.29 is 23.8 Å². The minimum absolute atomic E-state index is 0.0983. The van der Waals surface area contributed by atoms with Gasteiger partial charge in [-0.1, -0.05) is 11.3 Å². The molecule has 0 radical (unpaired) electrons. The SMILES string of the molecule is COc1cc(/C=C/C(=O)N2CCc3nc(NC(C)=O)sc3C2)cc(OC)c1OC. The average Bonchev–Trinajstić information content (AvgIpc) is 3.11. The van der Waals surface area contributed by atoms with Gasteiger partial charge in [0.15, 0.2) is 16.6 Å². The van der Waals surface area contributed by atoms with Crippen LogP contribution in [-0.4, -0.2) is 49.6 Å². The Bertz CT molecular complexity index is 929. The summed E-state index contributed by atoms with van der Waals surface area (Å²) >= 11 is 1.41. The van der Waals surface area contributed by atoms with Gasteiger partial charge in [-0.05, 0) is 23.8 Å². The molecule has 0 atom stereocenters. The first-order chi connectivity index (χ1) is 13.9. The molecule has 0 saturated carbocycles. The molecule has 0 unspecified atom stereocenters. The molecule has 1 aromatic carbocycles. The standard InChI is InChI=1S/C20H23N3O5S/c1-12(24)21-20-22-14-7-8-23(11-17(14)29-20)18(25)6-5-13-9-15(26-2)19(28-4)16(10-13)27-3/h5-6,9-10H,7-8,11H2,1-4H3,(H,21,22,24)/b6-5+. The van der Waals surface area contributed by atoms with Crippen molar-refractivity contribution in [1.82, 2.24) is 9.88 Å². The average molecular weight is 417 g/mol. The predicted molar refractivity (Wildman–Crippen MR) is 111 cm³/mol. The van der Waals surface area contributed by atoms with Gasteiger partial charge >= 0.3 is 0 Å². The Morgan fingerprint density at radius 1 is 1.17 bits per heavy atom. The summed E-state index contributed by atoms with van der Waals surface area (Å²) in [5, 5.41) is 3.27. The summed E-state index contributed by atoms with van der Waals surface area (Å²) in [6, 6.07) is 3.56. The largest absolute Gasteiger partial charge is 0.493 e. The van der Waals surface area contributed by atoms with Crippen LogP contribution < -0.4 is 19.5 Å². The summed E-state index contributed by atoms with van der Waals surface area (Å²) in [4.78, 5) is 31.0. The molecule has 1 aliphatic heterocycles. The van der Waals surface area contributed by atoms with Crippen molar-refractivity contribution in [3.8, 4) is 17.2 Å². The smallest absolute Gasteiger partial charge is 0.246 e. The van der Waals surface area contributed by atoms with Crippen molar-refractivity contribution in [2.75, 3.05) is 33.2 Å². The number of ether oxygens (including phenoxy) is 3. The molecule has 1 N–H and O–H groups in total. The van der Waals surface area contributed by atoms with Gasteiger partial charge in [0, 0.05) is 30.8 Å². The molecular weight excluding hydrogens is 394 g/mol. The molecular formula is C20H23N3O5S. The molecule has 1 aliphatic rings. The number of fused-ring (bicyclic) bond motifs is 1. The summed E-state index contributed by atoms with van der Waals surface area (Å²) in [6.07, 6.45) is 3.91. The molecule has 0 fully saturated rings. The van der Waals surface area contributed by atoms with E-state index in [0.717, 1.165) is 16.1 Å². The van der Waals surface area contributed by atoms with Gasteiger partial charge in [-0.25, -0.2) is 4.98 Å². The van der Waals surface area contributed by atoms with E-state index >= 15 is 0 Å². The Labute approximate surface area is 173 Å². The van der Waals surface area contributed by atoms with E-state index in [2.05, 4.69) is 10.3 Å². The highest BCUT2D eigenvalue weighted by atomic mass is 32.1. The molecule has 0 saturated heterocycles. The number of thiazole rings is 1. The maximum absolute atomic E-state index is 12.7. The third kappa shape index (κ3) is 4.68. The number of hydrogen-bond donors (Lipinski definition) is 1. The molecule has 2 amide bonds. The molecule has 2 aromatic rings. The van der Waals surface area contributed by atoms with Crippen LogP contribution in [0.15, 0.2) is 18.2 Å². The summed E-state index contributed by atoms with van der Waals surface area (Å²) in [5.74, 6) is 1.30. The van der Waals surface area contributed by atoms with Crippen LogP contribution in [0.4, 0.5) is 5.13 Å². The van der Waals surface area contributed by atoms with Gasteiger partial charge in [-0.15, -0.1) is 0 Å². The first-order valence-corrected chi connectivity index (χ1v) is 9.80. The fourth-order valence-corrected chi connectivity index (χ4v) is 4.13. The summed E-state index contributed by atoms with van der Waals surface area (Å²) < 4.78 is 16.0. The Morgan fingerprint density at radius 3 is 2.45 bits per heavy atom. The third-order valence-corrected chi connectivity index (χ3v) is 5.43. The number of anilines is 1. The van der Waals surface area contributed by atoms with Gasteiger partial charge in [0.25, 0.3) is 0 Å². The number of aromatic nitrogens is 1. The van der Waals surface area contributed by atoms with Crippen LogP contribution in [0.5, 0.6) is 17.2 Å². The normalized spacial score (nSPS) is 13.2. The first-order valence-electron chi connectivity index (χ1n) is 8.98. The molecule has 0 bridgehead atoms. The molecule has 0 spiro atoms. The number of nitrogens with one attached hydrogen (secondary N) is 1. The molecule has 154 valence electrons. The van der Waals surface area contributed by atoms with E-state index in [9.17, 15) is 9.59 Å². The predicted octanol–water partition coefficient (Wildman–Crippen LogP) is 2.73. The van der Waals surface area contributed by atoms with Crippen molar-refractivity contribution in [2.24, 2.45) is 0 Å². The third-order valence-electron chi connectivity index (χ3n) is 4.43. The van der Waals surface area contributed by atoms with Crippen LogP contribution >= 0.6 is 11.3 Å². The molecule has 2 heterocycles. The van der Waals surface area contributed by atoms with E-state index < -0.39 is 0 Å². The number of benzene rings is 1. The Hall–Kier alpha value is -3.07. The second-order valence-electron chi connectivity index (χ2n) is 6.37. The second-order valence-corrected chi connectivity index (χ2v) is 7.46. The lowest BCUT2D eigenvalue weighted by Gasteiger charge is -2.24. The van der Waals surface area contributed by atoms with Gasteiger partial charge in [0.1, 0.15) is 0 Å². The topological polar surface area (TPSA) is 90.0 Å². The maximum Gasteiger partial charge on any atom is 0.246 e. The Balaban J connectivity index is 1.73. The quantitative estimate of drug-likeness (QED) is 0.727. The van der Waals surface area contributed by atoms with Crippen molar-refractivity contribution >= 4 is 34.4 Å². The number of rotatable bonds is 6. The number of carbonyl (C=O) groups is 2. The van der Waals surface area contributed by atoms with E-state index in [4.69, 9.17) is 14.2 Å². The number of hydrogen-bond acceptors (Lipinski definition) is 7. The number of nitrogens with zero attached hydrogens (tertiary/aromatic N) is 2. The summed E-state index contributed by atoms with van der Waals surface area (Å²) in [6.45, 7) is 2.50.